The van der Waals surface area contributed by atoms with Gasteiger partial charge in [-0.1, -0.05) is 35.1 Å². The molecule has 2 N–H and O–H groups in total. The molecule has 0 bridgehead atoms. The van der Waals surface area contributed by atoms with Gasteiger partial charge < -0.3 is 5.32 Å². The van der Waals surface area contributed by atoms with E-state index in [1.807, 2.05) is 0 Å². The number of carbonyl (C=O) groups excluding carboxylic acids is 2. The Morgan fingerprint density at radius 2 is 1.90 bits per heavy atom. The van der Waals surface area contributed by atoms with Crippen molar-refractivity contribution in [3.63, 3.8) is 0 Å². The first-order valence-corrected chi connectivity index (χ1v) is 6.88. The van der Waals surface area contributed by atoms with Crippen LogP contribution in [0, 0.1) is 6.92 Å². The van der Waals surface area contributed by atoms with Crippen LogP contribution in [-0.4, -0.2) is 22.0 Å². The number of anilines is 1. The number of aromatic nitrogens is 2. The van der Waals surface area contributed by atoms with Crippen molar-refractivity contribution in [3.8, 4) is 0 Å². The summed E-state index contributed by atoms with van der Waals surface area (Å²) >= 11 is 6.95. The van der Waals surface area contributed by atoms with Crippen molar-refractivity contribution in [1.82, 2.24) is 15.5 Å². The van der Waals surface area contributed by atoms with Crippen molar-refractivity contribution in [3.05, 3.63) is 39.9 Å². The minimum atomic E-state index is -0.768. The highest BCUT2D eigenvalue weighted by Crippen LogP contribution is 2.13. The lowest BCUT2D eigenvalue weighted by Crippen LogP contribution is -2.34. The molecule has 2 amide bonds. The summed E-state index contributed by atoms with van der Waals surface area (Å²) in [6.07, 6.45) is 0. The SMILES string of the molecule is Cc1nnc(NC(=O)C(=O)NCc2ccc(Cl)cc2)s1. The first-order chi connectivity index (χ1) is 9.54. The molecule has 1 aromatic carbocycles. The molecule has 1 heterocycles. The molecular weight excluding hydrogens is 300 g/mol. The number of amides is 2. The van der Waals surface area contributed by atoms with Gasteiger partial charge >= 0.3 is 11.8 Å². The average molecular weight is 311 g/mol. The van der Waals surface area contributed by atoms with E-state index >= 15 is 0 Å². The molecule has 0 aliphatic heterocycles. The van der Waals surface area contributed by atoms with Crippen molar-refractivity contribution in [2.45, 2.75) is 13.5 Å². The topological polar surface area (TPSA) is 84.0 Å². The van der Waals surface area contributed by atoms with E-state index in [1.54, 1.807) is 31.2 Å². The van der Waals surface area contributed by atoms with E-state index < -0.39 is 11.8 Å². The highest BCUT2D eigenvalue weighted by molar-refractivity contribution is 7.15. The highest BCUT2D eigenvalue weighted by atomic mass is 35.5. The summed E-state index contributed by atoms with van der Waals surface area (Å²) in [5.41, 5.74) is 0.849. The monoisotopic (exact) mass is 310 g/mol. The third-order valence-electron chi connectivity index (χ3n) is 2.32. The van der Waals surface area contributed by atoms with E-state index in [0.29, 0.717) is 15.2 Å². The minimum absolute atomic E-state index is 0.249. The van der Waals surface area contributed by atoms with Gasteiger partial charge in [0.15, 0.2) is 0 Å². The normalized spacial score (nSPS) is 10.1. The lowest BCUT2D eigenvalue weighted by atomic mass is 10.2. The van der Waals surface area contributed by atoms with Gasteiger partial charge in [-0.15, -0.1) is 10.2 Å². The van der Waals surface area contributed by atoms with E-state index in [4.69, 9.17) is 11.6 Å². The fourth-order valence-corrected chi connectivity index (χ4v) is 2.08. The molecule has 0 spiro atoms. The molecule has 0 aliphatic rings. The Hall–Kier alpha value is -1.99. The van der Waals surface area contributed by atoms with E-state index in [0.717, 1.165) is 5.56 Å². The zero-order valence-electron chi connectivity index (χ0n) is 10.5. The van der Waals surface area contributed by atoms with Gasteiger partial charge in [0.1, 0.15) is 5.01 Å². The molecule has 1 aromatic heterocycles. The maximum atomic E-state index is 11.6. The van der Waals surface area contributed by atoms with E-state index in [2.05, 4.69) is 20.8 Å². The molecule has 20 heavy (non-hydrogen) atoms. The fourth-order valence-electron chi connectivity index (χ4n) is 1.37. The summed E-state index contributed by atoms with van der Waals surface area (Å²) in [7, 11) is 0. The van der Waals surface area contributed by atoms with Crippen LogP contribution in [0.5, 0.6) is 0 Å². The molecule has 8 heteroatoms. The molecule has 0 atom stereocenters. The van der Waals surface area contributed by atoms with Crippen LogP contribution >= 0.6 is 22.9 Å². The Morgan fingerprint density at radius 3 is 2.50 bits per heavy atom. The van der Waals surface area contributed by atoms with E-state index in [1.165, 1.54) is 11.3 Å². The molecule has 0 saturated heterocycles. The van der Waals surface area contributed by atoms with Crippen molar-refractivity contribution in [1.29, 1.82) is 0 Å². The second-order valence-corrected chi connectivity index (χ2v) is 5.51. The molecule has 0 aliphatic carbocycles. The van der Waals surface area contributed by atoms with Gasteiger partial charge in [0.25, 0.3) is 0 Å². The van der Waals surface area contributed by atoms with Crippen LogP contribution in [0.15, 0.2) is 24.3 Å². The lowest BCUT2D eigenvalue weighted by molar-refractivity contribution is -0.136. The smallest absolute Gasteiger partial charge is 0.315 e. The first kappa shape index (κ1) is 14.4. The van der Waals surface area contributed by atoms with Crippen molar-refractivity contribution < 1.29 is 9.59 Å². The Balaban J connectivity index is 1.85. The number of nitrogens with zero attached hydrogens (tertiary/aromatic N) is 2. The summed E-state index contributed by atoms with van der Waals surface area (Å²) in [6.45, 7) is 2.01. The molecule has 2 rings (SSSR count). The van der Waals surface area contributed by atoms with Gasteiger partial charge in [-0.3, -0.25) is 14.9 Å². The van der Waals surface area contributed by atoms with Gasteiger partial charge in [-0.05, 0) is 24.6 Å². The average Bonchev–Trinajstić information content (AvgIpc) is 2.83. The Kier molecular flexibility index (Phi) is 4.65. The summed E-state index contributed by atoms with van der Waals surface area (Å²) in [5.74, 6) is -1.50. The Bertz CT molecular complexity index is 627. The van der Waals surface area contributed by atoms with Crippen molar-refractivity contribution in [2.24, 2.45) is 0 Å². The summed E-state index contributed by atoms with van der Waals surface area (Å²) in [6, 6.07) is 6.98. The highest BCUT2D eigenvalue weighted by Gasteiger charge is 2.15. The minimum Gasteiger partial charge on any atom is -0.344 e. The largest absolute Gasteiger partial charge is 0.344 e. The van der Waals surface area contributed by atoms with Crippen molar-refractivity contribution >= 4 is 39.9 Å². The lowest BCUT2D eigenvalue weighted by Gasteiger charge is -2.04. The Labute approximate surface area is 124 Å². The van der Waals surface area contributed by atoms with Crippen LogP contribution in [0.1, 0.15) is 10.6 Å². The number of rotatable bonds is 3. The van der Waals surface area contributed by atoms with Crippen LogP contribution < -0.4 is 10.6 Å². The van der Waals surface area contributed by atoms with Crippen LogP contribution in [0.25, 0.3) is 0 Å². The molecule has 2 aromatic rings. The number of benzene rings is 1. The second-order valence-electron chi connectivity index (χ2n) is 3.89. The second kappa shape index (κ2) is 6.44. The van der Waals surface area contributed by atoms with Crippen LogP contribution in [-0.2, 0) is 16.1 Å². The summed E-state index contributed by atoms with van der Waals surface area (Å²) < 4.78 is 0. The molecule has 0 fully saturated rings. The molecular formula is C12H11ClN4O2S. The maximum absolute atomic E-state index is 11.6. The summed E-state index contributed by atoms with van der Waals surface area (Å²) in [4.78, 5) is 23.2. The van der Waals surface area contributed by atoms with Crippen LogP contribution in [0.3, 0.4) is 0 Å². The number of aryl methyl sites for hydroxylation is 1. The van der Waals surface area contributed by atoms with E-state index in [9.17, 15) is 9.59 Å². The molecule has 0 radical (unpaired) electrons. The number of nitrogens with one attached hydrogen (secondary N) is 2. The number of halogens is 1. The summed E-state index contributed by atoms with van der Waals surface area (Å²) in [5, 5.41) is 14.0. The molecule has 6 nitrogen and oxygen atoms in total. The first-order valence-electron chi connectivity index (χ1n) is 5.68. The molecule has 0 saturated carbocycles. The van der Waals surface area contributed by atoms with Crippen LogP contribution in [0.2, 0.25) is 5.02 Å². The van der Waals surface area contributed by atoms with E-state index in [-0.39, 0.29) is 6.54 Å². The van der Waals surface area contributed by atoms with Gasteiger partial charge in [-0.2, -0.15) is 0 Å². The van der Waals surface area contributed by atoms with Gasteiger partial charge in [0.05, 0.1) is 0 Å². The zero-order valence-corrected chi connectivity index (χ0v) is 12.1. The molecule has 104 valence electrons. The Morgan fingerprint density at radius 1 is 1.20 bits per heavy atom. The molecule has 0 unspecified atom stereocenters. The van der Waals surface area contributed by atoms with Gasteiger partial charge in [-0.25, -0.2) is 0 Å². The predicted octanol–water partition coefficient (Wildman–Crippen LogP) is 1.75. The third-order valence-corrected chi connectivity index (χ3v) is 3.33. The van der Waals surface area contributed by atoms with Gasteiger partial charge in [0.2, 0.25) is 5.13 Å². The van der Waals surface area contributed by atoms with Gasteiger partial charge in [0, 0.05) is 11.6 Å². The third kappa shape index (κ3) is 4.01. The number of carbonyl (C=O) groups is 2. The maximum Gasteiger partial charge on any atom is 0.315 e. The van der Waals surface area contributed by atoms with Crippen molar-refractivity contribution in [2.75, 3.05) is 5.32 Å². The standard InChI is InChI=1S/C12H11ClN4O2S/c1-7-16-17-12(20-7)15-11(19)10(18)14-6-8-2-4-9(13)5-3-8/h2-5H,6H2,1H3,(H,14,18)(H,15,17,19). The van der Waals surface area contributed by atoms with Crippen LogP contribution in [0.4, 0.5) is 5.13 Å². The number of hydrogen-bond donors (Lipinski definition) is 2. The fraction of sp³-hybridized carbons (Fsp3) is 0.167. The zero-order chi connectivity index (χ0) is 14.5. The predicted molar refractivity (Wildman–Crippen MR) is 76.6 cm³/mol. The number of hydrogen-bond acceptors (Lipinski definition) is 5. The quantitative estimate of drug-likeness (QED) is 0.846.